The Bertz CT molecular complexity index is 653. The summed E-state index contributed by atoms with van der Waals surface area (Å²) < 4.78 is 5.50. The van der Waals surface area contributed by atoms with Crippen LogP contribution >= 0.6 is 0 Å². The third kappa shape index (κ3) is 2.79. The van der Waals surface area contributed by atoms with E-state index in [0.717, 1.165) is 61.3 Å². The van der Waals surface area contributed by atoms with Gasteiger partial charge in [0.05, 0.1) is 11.8 Å². The Labute approximate surface area is 135 Å². The first-order valence-electron chi connectivity index (χ1n) is 8.33. The van der Waals surface area contributed by atoms with Crippen LogP contribution in [-0.2, 0) is 22.4 Å². The summed E-state index contributed by atoms with van der Waals surface area (Å²) >= 11 is 0. The van der Waals surface area contributed by atoms with Crippen molar-refractivity contribution >= 4 is 23.3 Å². The number of hydrogen-bond donors (Lipinski definition) is 2. The normalized spacial score (nSPS) is 22.2. The Morgan fingerprint density at radius 1 is 1.26 bits per heavy atom. The van der Waals surface area contributed by atoms with E-state index in [1.54, 1.807) is 0 Å². The van der Waals surface area contributed by atoms with Crippen LogP contribution in [0, 0.1) is 0 Å². The summed E-state index contributed by atoms with van der Waals surface area (Å²) in [6, 6.07) is 3.78. The minimum absolute atomic E-state index is 0.140. The van der Waals surface area contributed by atoms with Crippen LogP contribution in [0.25, 0.3) is 0 Å². The van der Waals surface area contributed by atoms with Crippen LogP contribution < -0.4 is 15.5 Å². The molecule has 122 valence electrons. The van der Waals surface area contributed by atoms with Crippen molar-refractivity contribution in [1.29, 1.82) is 0 Å². The molecule has 0 spiro atoms. The average Bonchev–Trinajstić information content (AvgIpc) is 3.19. The number of urea groups is 1. The molecule has 0 radical (unpaired) electrons. The van der Waals surface area contributed by atoms with Crippen molar-refractivity contribution in [2.45, 2.75) is 38.2 Å². The number of ether oxygens (including phenoxy) is 1. The van der Waals surface area contributed by atoms with Crippen LogP contribution in [0.2, 0.25) is 0 Å². The molecule has 0 aromatic heterocycles. The molecule has 0 saturated carbocycles. The monoisotopic (exact) mass is 315 g/mol. The van der Waals surface area contributed by atoms with Crippen molar-refractivity contribution < 1.29 is 14.3 Å². The van der Waals surface area contributed by atoms with Crippen molar-refractivity contribution in [3.63, 3.8) is 0 Å². The molecule has 0 aliphatic carbocycles. The third-order valence-electron chi connectivity index (χ3n) is 4.82. The van der Waals surface area contributed by atoms with Gasteiger partial charge in [-0.05, 0) is 48.9 Å². The molecule has 23 heavy (non-hydrogen) atoms. The van der Waals surface area contributed by atoms with Gasteiger partial charge in [-0.2, -0.15) is 0 Å². The Balaban J connectivity index is 1.44. The molecule has 6 heteroatoms. The number of hydrogen-bond acceptors (Lipinski definition) is 3. The van der Waals surface area contributed by atoms with Gasteiger partial charge in [0, 0.05) is 31.8 Å². The van der Waals surface area contributed by atoms with Crippen molar-refractivity contribution in [3.8, 4) is 0 Å². The number of nitrogens with one attached hydrogen (secondary N) is 2. The van der Waals surface area contributed by atoms with Gasteiger partial charge in [0.15, 0.2) is 0 Å². The van der Waals surface area contributed by atoms with Crippen LogP contribution in [0.3, 0.4) is 0 Å². The second-order valence-electron chi connectivity index (χ2n) is 6.41. The van der Waals surface area contributed by atoms with Crippen molar-refractivity contribution in [2.75, 3.05) is 29.9 Å². The van der Waals surface area contributed by atoms with Crippen LogP contribution in [0.1, 0.15) is 30.4 Å². The van der Waals surface area contributed by atoms with Gasteiger partial charge in [-0.25, -0.2) is 4.79 Å². The molecule has 3 aliphatic heterocycles. The van der Waals surface area contributed by atoms with E-state index < -0.39 is 0 Å². The van der Waals surface area contributed by atoms with Crippen molar-refractivity contribution in [1.82, 2.24) is 5.32 Å². The highest BCUT2D eigenvalue weighted by Crippen LogP contribution is 2.38. The number of carbonyl (C=O) groups excluding carboxylic acids is 2. The van der Waals surface area contributed by atoms with E-state index in [9.17, 15) is 9.59 Å². The predicted octanol–water partition coefficient (Wildman–Crippen LogP) is 1.82. The van der Waals surface area contributed by atoms with Gasteiger partial charge >= 0.3 is 6.03 Å². The average molecular weight is 315 g/mol. The maximum atomic E-state index is 12.1. The number of anilines is 2. The van der Waals surface area contributed by atoms with Crippen molar-refractivity contribution in [3.05, 3.63) is 23.3 Å². The summed E-state index contributed by atoms with van der Waals surface area (Å²) in [6.07, 6.45) is 4.39. The lowest BCUT2D eigenvalue weighted by Crippen LogP contribution is -2.35. The number of aryl methyl sites for hydroxylation is 1. The lowest BCUT2D eigenvalue weighted by Gasteiger charge is -2.25. The number of rotatable bonds is 3. The van der Waals surface area contributed by atoms with E-state index in [0.29, 0.717) is 13.0 Å². The second-order valence-corrected chi connectivity index (χ2v) is 6.41. The Hall–Kier alpha value is -2.08. The molecule has 1 aromatic carbocycles. The number of amides is 3. The summed E-state index contributed by atoms with van der Waals surface area (Å²) in [7, 11) is 0. The van der Waals surface area contributed by atoms with Gasteiger partial charge in [-0.15, -0.1) is 0 Å². The third-order valence-corrected chi connectivity index (χ3v) is 4.82. The fourth-order valence-corrected chi connectivity index (χ4v) is 3.72. The van der Waals surface area contributed by atoms with Crippen molar-refractivity contribution in [2.24, 2.45) is 0 Å². The zero-order valence-electron chi connectivity index (χ0n) is 13.1. The first kappa shape index (κ1) is 14.5. The zero-order chi connectivity index (χ0) is 15.8. The molecule has 0 unspecified atom stereocenters. The Kier molecular flexibility index (Phi) is 3.69. The number of carbonyl (C=O) groups is 2. The van der Waals surface area contributed by atoms with Crippen LogP contribution in [0.15, 0.2) is 12.1 Å². The quantitative estimate of drug-likeness (QED) is 0.894. The van der Waals surface area contributed by atoms with E-state index in [1.807, 2.05) is 17.0 Å². The standard InChI is InChI=1S/C17H21N3O3/c21-15-4-3-11-8-13(9-12-5-6-20(15)16(11)12)19-17(22)18-10-14-2-1-7-23-14/h8-9,14H,1-7,10H2,(H2,18,19,22)/t14-/m0/s1. The highest BCUT2D eigenvalue weighted by atomic mass is 16.5. The highest BCUT2D eigenvalue weighted by Gasteiger charge is 2.31. The number of nitrogens with zero attached hydrogens (tertiary/aromatic N) is 1. The summed E-state index contributed by atoms with van der Waals surface area (Å²) in [5.41, 5.74) is 4.20. The number of benzene rings is 1. The van der Waals surface area contributed by atoms with Gasteiger partial charge in [0.1, 0.15) is 0 Å². The molecule has 1 saturated heterocycles. The maximum absolute atomic E-state index is 12.1. The molecule has 3 amide bonds. The van der Waals surface area contributed by atoms with E-state index in [4.69, 9.17) is 4.74 Å². The topological polar surface area (TPSA) is 70.7 Å². The molecule has 1 atom stereocenters. The largest absolute Gasteiger partial charge is 0.376 e. The van der Waals surface area contributed by atoms with E-state index in [-0.39, 0.29) is 18.0 Å². The molecule has 2 N–H and O–H groups in total. The lowest BCUT2D eigenvalue weighted by atomic mass is 9.98. The van der Waals surface area contributed by atoms with Gasteiger partial charge in [0.2, 0.25) is 5.91 Å². The first-order valence-corrected chi connectivity index (χ1v) is 8.33. The summed E-state index contributed by atoms with van der Waals surface area (Å²) in [5.74, 6) is 0.214. The predicted molar refractivity (Wildman–Crippen MR) is 86.8 cm³/mol. The molecule has 3 aliphatic rings. The van der Waals surface area contributed by atoms with E-state index >= 15 is 0 Å². The molecule has 0 bridgehead atoms. The molecular weight excluding hydrogens is 294 g/mol. The van der Waals surface area contributed by atoms with Gasteiger partial charge in [-0.3, -0.25) is 4.79 Å². The molecule has 6 nitrogen and oxygen atoms in total. The fraction of sp³-hybridized carbons (Fsp3) is 0.529. The first-order chi connectivity index (χ1) is 11.2. The second kappa shape index (κ2) is 5.85. The van der Waals surface area contributed by atoms with Gasteiger partial charge in [0.25, 0.3) is 0 Å². The van der Waals surface area contributed by atoms with Gasteiger partial charge < -0.3 is 20.3 Å². The molecule has 3 heterocycles. The molecule has 1 fully saturated rings. The molecule has 4 rings (SSSR count). The molecule has 1 aromatic rings. The summed E-state index contributed by atoms with van der Waals surface area (Å²) in [5, 5.41) is 5.78. The van der Waals surface area contributed by atoms with E-state index in [2.05, 4.69) is 10.6 Å². The smallest absolute Gasteiger partial charge is 0.319 e. The van der Waals surface area contributed by atoms with Gasteiger partial charge in [-0.1, -0.05) is 0 Å². The minimum Gasteiger partial charge on any atom is -0.376 e. The van der Waals surface area contributed by atoms with E-state index in [1.165, 1.54) is 0 Å². The minimum atomic E-state index is -0.200. The summed E-state index contributed by atoms with van der Waals surface area (Å²) in [4.78, 5) is 25.9. The van der Waals surface area contributed by atoms with Crippen LogP contribution in [0.5, 0.6) is 0 Å². The van der Waals surface area contributed by atoms with Crippen LogP contribution in [-0.4, -0.2) is 37.7 Å². The SMILES string of the molecule is O=C(NC[C@@H]1CCCO1)Nc1cc2c3c(c1)CCN3C(=O)CC2. The lowest BCUT2D eigenvalue weighted by molar-refractivity contribution is -0.118. The zero-order valence-corrected chi connectivity index (χ0v) is 13.1. The molecular formula is C17H21N3O3. The highest BCUT2D eigenvalue weighted by molar-refractivity contribution is 6.00. The fourth-order valence-electron chi connectivity index (χ4n) is 3.72. The Morgan fingerprint density at radius 3 is 2.87 bits per heavy atom. The summed E-state index contributed by atoms with van der Waals surface area (Å²) in [6.45, 7) is 2.10. The van der Waals surface area contributed by atoms with Crippen LogP contribution in [0.4, 0.5) is 16.2 Å². The Morgan fingerprint density at radius 2 is 2.09 bits per heavy atom. The maximum Gasteiger partial charge on any atom is 0.319 e.